The summed E-state index contributed by atoms with van der Waals surface area (Å²) in [5.41, 5.74) is 2.81. The molecule has 0 unspecified atom stereocenters. The summed E-state index contributed by atoms with van der Waals surface area (Å²) in [5.74, 6) is 3.05. The Kier molecular flexibility index (Phi) is 3.89. The third kappa shape index (κ3) is 3.00. The van der Waals surface area contributed by atoms with Crippen molar-refractivity contribution in [1.82, 2.24) is 9.97 Å². The first kappa shape index (κ1) is 17.6. The number of anilines is 1. The van der Waals surface area contributed by atoms with Crippen LogP contribution in [0.15, 0.2) is 45.4 Å². The van der Waals surface area contributed by atoms with Gasteiger partial charge in [-0.3, -0.25) is 4.79 Å². The summed E-state index contributed by atoms with van der Waals surface area (Å²) in [7, 11) is 0. The Balaban J connectivity index is 1.21. The van der Waals surface area contributed by atoms with Crippen LogP contribution in [0.3, 0.4) is 0 Å². The zero-order valence-electron chi connectivity index (χ0n) is 16.0. The fourth-order valence-corrected chi connectivity index (χ4v) is 6.59. The molecule has 4 aliphatic carbocycles. The number of rotatable bonds is 3. The minimum atomic E-state index is -0.132. The fraction of sp³-hybridized carbons (Fsp3) is 0.435. The van der Waals surface area contributed by atoms with Gasteiger partial charge in [0.25, 0.3) is 0 Å². The van der Waals surface area contributed by atoms with Gasteiger partial charge in [0, 0.05) is 21.9 Å². The third-order valence-corrected chi connectivity index (χ3v) is 7.56. The lowest BCUT2D eigenvalue weighted by molar-refractivity contribution is -0.140. The SMILES string of the molecule is O=C(Nc1ccc(-c2nc3cc(Br)cnc3o2)cc1)C12CC3CC(CC(C3)C1)C2. The number of nitrogens with one attached hydrogen (secondary N) is 1. The van der Waals surface area contributed by atoms with Crippen LogP contribution in [0.4, 0.5) is 5.69 Å². The highest BCUT2D eigenvalue weighted by molar-refractivity contribution is 9.10. The molecule has 6 heteroatoms. The summed E-state index contributed by atoms with van der Waals surface area (Å²) in [6.45, 7) is 0. The van der Waals surface area contributed by atoms with E-state index in [2.05, 4.69) is 31.2 Å². The summed E-state index contributed by atoms with van der Waals surface area (Å²) >= 11 is 3.40. The average Bonchev–Trinajstić information content (AvgIpc) is 3.10. The van der Waals surface area contributed by atoms with Crippen LogP contribution >= 0.6 is 15.9 Å². The van der Waals surface area contributed by atoms with Gasteiger partial charge in [-0.05, 0) is 103 Å². The molecule has 29 heavy (non-hydrogen) atoms. The third-order valence-electron chi connectivity index (χ3n) is 7.12. The smallest absolute Gasteiger partial charge is 0.247 e. The van der Waals surface area contributed by atoms with Crippen molar-refractivity contribution >= 4 is 38.8 Å². The number of fused-ring (bicyclic) bond motifs is 1. The van der Waals surface area contributed by atoms with E-state index < -0.39 is 0 Å². The van der Waals surface area contributed by atoms with Crippen LogP contribution in [0, 0.1) is 23.2 Å². The second-order valence-corrected chi connectivity index (χ2v) is 10.1. The topological polar surface area (TPSA) is 68.0 Å². The maximum atomic E-state index is 13.2. The van der Waals surface area contributed by atoms with Crippen molar-refractivity contribution in [2.75, 3.05) is 5.32 Å². The standard InChI is InChI=1S/C23H22BrN3O2/c24-17-8-19-21(25-12-17)29-20(27-19)16-1-3-18(4-2-16)26-22(28)23-9-13-5-14(10-23)7-15(6-13)11-23/h1-4,8,12-15H,5-7,9-11H2,(H,26,28). The first-order chi connectivity index (χ1) is 14.1. The summed E-state index contributed by atoms with van der Waals surface area (Å²) < 4.78 is 6.63. The molecule has 2 heterocycles. The number of oxazole rings is 1. The molecule has 4 fully saturated rings. The second kappa shape index (κ2) is 6.39. The quantitative estimate of drug-likeness (QED) is 0.545. The number of aromatic nitrogens is 2. The molecule has 0 atom stereocenters. The summed E-state index contributed by atoms with van der Waals surface area (Å²) in [4.78, 5) is 22.0. The molecule has 2 aromatic heterocycles. The van der Waals surface area contributed by atoms with Gasteiger partial charge in [0.2, 0.25) is 17.5 Å². The fourth-order valence-electron chi connectivity index (χ4n) is 6.27. The van der Waals surface area contributed by atoms with E-state index in [0.717, 1.165) is 52.7 Å². The van der Waals surface area contributed by atoms with E-state index in [0.29, 0.717) is 17.1 Å². The predicted octanol–water partition coefficient (Wildman–Crippen LogP) is 5.81. The molecule has 148 valence electrons. The highest BCUT2D eigenvalue weighted by Gasteiger charge is 2.54. The first-order valence-electron chi connectivity index (χ1n) is 10.4. The zero-order valence-corrected chi connectivity index (χ0v) is 17.6. The zero-order chi connectivity index (χ0) is 19.6. The van der Waals surface area contributed by atoms with E-state index in [1.54, 1.807) is 6.20 Å². The highest BCUT2D eigenvalue weighted by atomic mass is 79.9. The largest absolute Gasteiger partial charge is 0.418 e. The molecule has 1 N–H and O–H groups in total. The van der Waals surface area contributed by atoms with Crippen LogP contribution in [0.2, 0.25) is 0 Å². The maximum absolute atomic E-state index is 13.2. The number of benzene rings is 1. The van der Waals surface area contributed by atoms with Gasteiger partial charge in [-0.1, -0.05) is 0 Å². The molecule has 5 nitrogen and oxygen atoms in total. The van der Waals surface area contributed by atoms with Crippen molar-refractivity contribution in [3.63, 3.8) is 0 Å². The van der Waals surface area contributed by atoms with Gasteiger partial charge in [0.05, 0.1) is 5.41 Å². The van der Waals surface area contributed by atoms with Crippen LogP contribution in [0.25, 0.3) is 22.7 Å². The molecule has 0 saturated heterocycles. The van der Waals surface area contributed by atoms with Crippen LogP contribution in [0.1, 0.15) is 38.5 Å². The summed E-state index contributed by atoms with van der Waals surface area (Å²) in [6.07, 6.45) is 8.96. The first-order valence-corrected chi connectivity index (χ1v) is 11.2. The number of hydrogen-bond donors (Lipinski definition) is 1. The lowest BCUT2D eigenvalue weighted by Crippen LogP contribution is -2.51. The van der Waals surface area contributed by atoms with Gasteiger partial charge in [0.1, 0.15) is 5.52 Å². The van der Waals surface area contributed by atoms with E-state index in [9.17, 15) is 4.79 Å². The van der Waals surface area contributed by atoms with Gasteiger partial charge >= 0.3 is 0 Å². The Morgan fingerprint density at radius 3 is 2.38 bits per heavy atom. The lowest BCUT2D eigenvalue weighted by Gasteiger charge is -2.55. The van der Waals surface area contributed by atoms with Crippen molar-refractivity contribution in [2.45, 2.75) is 38.5 Å². The van der Waals surface area contributed by atoms with Crippen LogP contribution < -0.4 is 5.32 Å². The Bertz CT molecular complexity index is 1070. The number of carbonyl (C=O) groups excluding carboxylic acids is 1. The van der Waals surface area contributed by atoms with Crippen molar-refractivity contribution in [2.24, 2.45) is 23.2 Å². The Hall–Kier alpha value is -2.21. The molecule has 0 radical (unpaired) electrons. The lowest BCUT2D eigenvalue weighted by atomic mass is 9.49. The number of nitrogens with zero attached hydrogens (tertiary/aromatic N) is 2. The Labute approximate surface area is 177 Å². The molecule has 1 aromatic carbocycles. The molecule has 4 saturated carbocycles. The highest BCUT2D eigenvalue weighted by Crippen LogP contribution is 2.60. The number of pyridine rings is 1. The van der Waals surface area contributed by atoms with Crippen molar-refractivity contribution in [1.29, 1.82) is 0 Å². The molecule has 1 amide bonds. The molecule has 3 aromatic rings. The molecular formula is C23H22BrN3O2. The van der Waals surface area contributed by atoms with Crippen molar-refractivity contribution < 1.29 is 9.21 Å². The minimum Gasteiger partial charge on any atom is -0.418 e. The normalized spacial score (nSPS) is 30.0. The van der Waals surface area contributed by atoms with E-state index in [1.807, 2.05) is 30.3 Å². The Morgan fingerprint density at radius 1 is 1.07 bits per heavy atom. The van der Waals surface area contributed by atoms with Crippen LogP contribution in [0.5, 0.6) is 0 Å². The van der Waals surface area contributed by atoms with E-state index >= 15 is 0 Å². The summed E-state index contributed by atoms with van der Waals surface area (Å²) in [5, 5.41) is 3.20. The summed E-state index contributed by atoms with van der Waals surface area (Å²) in [6, 6.07) is 9.64. The molecule has 4 bridgehead atoms. The van der Waals surface area contributed by atoms with Gasteiger partial charge < -0.3 is 9.73 Å². The van der Waals surface area contributed by atoms with E-state index in [1.165, 1.54) is 19.3 Å². The number of amides is 1. The van der Waals surface area contributed by atoms with Gasteiger partial charge in [-0.25, -0.2) is 9.97 Å². The second-order valence-electron chi connectivity index (χ2n) is 9.23. The van der Waals surface area contributed by atoms with Gasteiger partial charge in [-0.15, -0.1) is 0 Å². The molecule has 7 rings (SSSR count). The number of carbonyl (C=O) groups is 1. The molecule has 0 aliphatic heterocycles. The maximum Gasteiger partial charge on any atom is 0.247 e. The molecule has 4 aliphatic rings. The van der Waals surface area contributed by atoms with Crippen molar-refractivity contribution in [3.8, 4) is 11.5 Å². The number of hydrogen-bond acceptors (Lipinski definition) is 4. The Morgan fingerprint density at radius 2 is 1.72 bits per heavy atom. The van der Waals surface area contributed by atoms with E-state index in [4.69, 9.17) is 4.42 Å². The number of halogens is 1. The van der Waals surface area contributed by atoms with E-state index in [-0.39, 0.29) is 11.3 Å². The predicted molar refractivity (Wildman–Crippen MR) is 114 cm³/mol. The molecule has 0 spiro atoms. The average molecular weight is 452 g/mol. The monoisotopic (exact) mass is 451 g/mol. The molecular weight excluding hydrogens is 430 g/mol. The van der Waals surface area contributed by atoms with Crippen LogP contribution in [-0.2, 0) is 4.79 Å². The van der Waals surface area contributed by atoms with Gasteiger partial charge in [0.15, 0.2) is 0 Å². The van der Waals surface area contributed by atoms with Gasteiger partial charge in [-0.2, -0.15) is 0 Å². The van der Waals surface area contributed by atoms with Crippen molar-refractivity contribution in [3.05, 3.63) is 41.0 Å². The minimum absolute atomic E-state index is 0.132. The van der Waals surface area contributed by atoms with Crippen LogP contribution in [-0.4, -0.2) is 15.9 Å².